The van der Waals surface area contributed by atoms with Gasteiger partial charge in [0.15, 0.2) is 0 Å². The molecule has 2 aromatic rings. The number of likely N-dealkylation sites (tertiary alicyclic amines) is 1. The van der Waals surface area contributed by atoms with E-state index < -0.39 is 17.7 Å². The molecule has 1 heterocycles. The normalized spacial score (nSPS) is 18.5. The molecule has 3 rings (SSSR count). The van der Waals surface area contributed by atoms with Crippen LogP contribution in [-0.4, -0.2) is 49.1 Å². The van der Waals surface area contributed by atoms with Gasteiger partial charge in [-0.05, 0) is 24.6 Å². The van der Waals surface area contributed by atoms with Gasteiger partial charge in [-0.15, -0.1) is 0 Å². The minimum atomic E-state index is -0.706. The highest BCUT2D eigenvalue weighted by atomic mass is 16.5. The molecule has 0 bridgehead atoms. The number of aryl methyl sites for hydroxylation is 1. The maximum Gasteiger partial charge on any atom is 0.295 e. The smallest absolute Gasteiger partial charge is 0.295 e. The second kappa shape index (κ2) is 8.27. The van der Waals surface area contributed by atoms with Crippen LogP contribution in [0.2, 0.25) is 0 Å². The zero-order valence-corrected chi connectivity index (χ0v) is 16.1. The Morgan fingerprint density at radius 2 is 1.82 bits per heavy atom. The van der Waals surface area contributed by atoms with Gasteiger partial charge in [0.25, 0.3) is 11.7 Å². The number of rotatable bonds is 6. The molecular weight excluding hydrogens is 358 g/mol. The van der Waals surface area contributed by atoms with Crippen LogP contribution in [0.15, 0.2) is 54.1 Å². The third kappa shape index (κ3) is 3.64. The number of carbonyl (C=O) groups is 2. The lowest BCUT2D eigenvalue weighted by Crippen LogP contribution is -2.32. The van der Waals surface area contributed by atoms with Crippen LogP contribution in [0.3, 0.4) is 0 Å². The number of carbonyl (C=O) groups excluding carboxylic acids is 2. The van der Waals surface area contributed by atoms with E-state index in [0.29, 0.717) is 11.3 Å². The average molecular weight is 381 g/mol. The monoisotopic (exact) mass is 381 g/mol. The molecule has 1 aliphatic heterocycles. The van der Waals surface area contributed by atoms with Crippen LogP contribution in [-0.2, 0) is 14.3 Å². The standard InChI is InChI=1S/C22H23NO5/c1-14-7-9-15(10-8-14)19-18(21(25)22(26)23(19)11-12-27-2)20(24)16-5-4-6-17(13-16)28-3/h4-10,13,19,24H,11-12H2,1-3H3/b20-18+. The first-order valence-electron chi connectivity index (χ1n) is 8.96. The van der Waals surface area contributed by atoms with Gasteiger partial charge in [-0.25, -0.2) is 0 Å². The van der Waals surface area contributed by atoms with Crippen molar-refractivity contribution in [3.05, 3.63) is 70.8 Å². The lowest BCUT2D eigenvalue weighted by atomic mass is 9.94. The Labute approximate surface area is 164 Å². The molecule has 1 atom stereocenters. The van der Waals surface area contributed by atoms with Gasteiger partial charge < -0.3 is 19.5 Å². The zero-order valence-electron chi connectivity index (χ0n) is 16.1. The molecule has 146 valence electrons. The van der Waals surface area contributed by atoms with Crippen molar-refractivity contribution < 1.29 is 24.2 Å². The fourth-order valence-electron chi connectivity index (χ4n) is 3.32. The summed E-state index contributed by atoms with van der Waals surface area (Å²) in [4.78, 5) is 26.9. The Bertz CT molecular complexity index is 917. The molecule has 1 fully saturated rings. The van der Waals surface area contributed by atoms with Gasteiger partial charge in [0, 0.05) is 19.2 Å². The first-order valence-corrected chi connectivity index (χ1v) is 8.96. The Morgan fingerprint density at radius 1 is 1.11 bits per heavy atom. The Morgan fingerprint density at radius 3 is 2.46 bits per heavy atom. The van der Waals surface area contributed by atoms with Gasteiger partial charge >= 0.3 is 0 Å². The van der Waals surface area contributed by atoms with Crippen LogP contribution in [0.1, 0.15) is 22.7 Å². The largest absolute Gasteiger partial charge is 0.507 e. The van der Waals surface area contributed by atoms with Crippen molar-refractivity contribution in [1.82, 2.24) is 4.90 Å². The van der Waals surface area contributed by atoms with Gasteiger partial charge in [-0.2, -0.15) is 0 Å². The van der Waals surface area contributed by atoms with Crippen molar-refractivity contribution in [3.63, 3.8) is 0 Å². The highest BCUT2D eigenvalue weighted by Crippen LogP contribution is 2.39. The molecule has 2 aromatic carbocycles. The number of benzene rings is 2. The minimum absolute atomic E-state index is 0.0678. The van der Waals surface area contributed by atoms with E-state index in [0.717, 1.165) is 11.1 Å². The van der Waals surface area contributed by atoms with E-state index in [-0.39, 0.29) is 24.5 Å². The summed E-state index contributed by atoms with van der Waals surface area (Å²) in [6.45, 7) is 2.49. The maximum absolute atomic E-state index is 12.8. The average Bonchev–Trinajstić information content (AvgIpc) is 2.97. The van der Waals surface area contributed by atoms with Crippen LogP contribution < -0.4 is 4.74 Å². The fourth-order valence-corrected chi connectivity index (χ4v) is 3.32. The summed E-state index contributed by atoms with van der Waals surface area (Å²) in [5, 5.41) is 11.0. The van der Waals surface area contributed by atoms with Gasteiger partial charge in [0.05, 0.1) is 25.3 Å². The van der Waals surface area contributed by atoms with Crippen molar-refractivity contribution in [3.8, 4) is 5.75 Å². The molecule has 1 amide bonds. The quantitative estimate of drug-likeness (QED) is 0.473. The number of methoxy groups -OCH3 is 2. The van der Waals surface area contributed by atoms with Crippen molar-refractivity contribution in [2.24, 2.45) is 0 Å². The number of nitrogens with zero attached hydrogens (tertiary/aromatic N) is 1. The number of Topliss-reactive ketones (excluding diaryl/α,β-unsaturated/α-hetero) is 1. The van der Waals surface area contributed by atoms with Gasteiger partial charge in [-0.1, -0.05) is 42.0 Å². The van der Waals surface area contributed by atoms with E-state index in [2.05, 4.69) is 0 Å². The summed E-state index contributed by atoms with van der Waals surface area (Å²) in [6.07, 6.45) is 0. The topological polar surface area (TPSA) is 76.1 Å². The SMILES string of the molecule is COCCN1C(=O)C(=O)/C(=C(/O)c2cccc(OC)c2)C1c1ccc(C)cc1. The lowest BCUT2D eigenvalue weighted by Gasteiger charge is -2.25. The minimum Gasteiger partial charge on any atom is -0.507 e. The Hall–Kier alpha value is -3.12. The third-order valence-corrected chi connectivity index (χ3v) is 4.81. The van der Waals surface area contributed by atoms with Gasteiger partial charge in [0.1, 0.15) is 11.5 Å². The van der Waals surface area contributed by atoms with Crippen molar-refractivity contribution in [2.75, 3.05) is 27.4 Å². The molecule has 1 aliphatic rings. The van der Waals surface area contributed by atoms with E-state index >= 15 is 0 Å². The summed E-state index contributed by atoms with van der Waals surface area (Å²) < 4.78 is 10.3. The second-order valence-corrected chi connectivity index (χ2v) is 6.63. The van der Waals surface area contributed by atoms with Gasteiger partial charge in [-0.3, -0.25) is 9.59 Å². The molecule has 0 aromatic heterocycles. The number of ketones is 1. The van der Waals surface area contributed by atoms with Crippen molar-refractivity contribution in [1.29, 1.82) is 0 Å². The molecule has 0 radical (unpaired) electrons. The second-order valence-electron chi connectivity index (χ2n) is 6.63. The number of ether oxygens (including phenoxy) is 2. The first-order chi connectivity index (χ1) is 13.5. The Kier molecular flexibility index (Phi) is 5.80. The highest BCUT2D eigenvalue weighted by Gasteiger charge is 2.45. The molecule has 0 aliphatic carbocycles. The van der Waals surface area contributed by atoms with Crippen LogP contribution in [0.5, 0.6) is 5.75 Å². The molecule has 28 heavy (non-hydrogen) atoms. The summed E-state index contributed by atoms with van der Waals surface area (Å²) >= 11 is 0. The summed E-state index contributed by atoms with van der Waals surface area (Å²) in [5.74, 6) is -1.03. The summed E-state index contributed by atoms with van der Waals surface area (Å²) in [6, 6.07) is 13.6. The van der Waals surface area contributed by atoms with Crippen LogP contribution in [0.4, 0.5) is 0 Å². The predicted molar refractivity (Wildman–Crippen MR) is 105 cm³/mol. The number of amides is 1. The zero-order chi connectivity index (χ0) is 20.3. The van der Waals surface area contributed by atoms with Gasteiger partial charge in [0.2, 0.25) is 0 Å². The Balaban J connectivity index is 2.15. The molecular formula is C22H23NO5. The number of hydrogen-bond acceptors (Lipinski definition) is 5. The number of aliphatic hydroxyl groups is 1. The van der Waals surface area contributed by atoms with Crippen LogP contribution in [0.25, 0.3) is 5.76 Å². The first kappa shape index (κ1) is 19.6. The molecule has 1 saturated heterocycles. The van der Waals surface area contributed by atoms with Crippen LogP contribution in [0, 0.1) is 6.92 Å². The van der Waals surface area contributed by atoms with E-state index in [4.69, 9.17) is 9.47 Å². The molecule has 1 N–H and O–H groups in total. The highest BCUT2D eigenvalue weighted by molar-refractivity contribution is 6.46. The van der Waals surface area contributed by atoms with E-state index in [1.807, 2.05) is 31.2 Å². The molecule has 6 heteroatoms. The predicted octanol–water partition coefficient (Wildman–Crippen LogP) is 3.07. The van der Waals surface area contributed by atoms with Crippen molar-refractivity contribution >= 4 is 17.4 Å². The van der Waals surface area contributed by atoms with E-state index in [1.165, 1.54) is 19.1 Å². The molecule has 0 saturated carbocycles. The number of hydrogen-bond donors (Lipinski definition) is 1. The lowest BCUT2D eigenvalue weighted by molar-refractivity contribution is -0.140. The summed E-state index contributed by atoms with van der Waals surface area (Å²) in [7, 11) is 3.06. The third-order valence-electron chi connectivity index (χ3n) is 4.81. The van der Waals surface area contributed by atoms with Crippen molar-refractivity contribution in [2.45, 2.75) is 13.0 Å². The molecule has 0 spiro atoms. The molecule has 1 unspecified atom stereocenters. The summed E-state index contributed by atoms with van der Waals surface area (Å²) in [5.41, 5.74) is 2.30. The van der Waals surface area contributed by atoms with E-state index in [9.17, 15) is 14.7 Å². The number of aliphatic hydroxyl groups excluding tert-OH is 1. The van der Waals surface area contributed by atoms with E-state index in [1.54, 1.807) is 24.3 Å². The maximum atomic E-state index is 12.8. The van der Waals surface area contributed by atoms with Crippen LogP contribution >= 0.6 is 0 Å². The fraction of sp³-hybridized carbons (Fsp3) is 0.273. The molecule has 6 nitrogen and oxygen atoms in total.